The number of para-hydroxylation sites is 2. The van der Waals surface area contributed by atoms with Crippen molar-refractivity contribution in [2.75, 3.05) is 0 Å². The van der Waals surface area contributed by atoms with Crippen LogP contribution in [-0.4, -0.2) is 14.9 Å². The van der Waals surface area contributed by atoms with Gasteiger partial charge in [0.2, 0.25) is 0 Å². The summed E-state index contributed by atoms with van der Waals surface area (Å²) in [5.74, 6) is -0.159. The Morgan fingerprint density at radius 2 is 1.50 bits per heavy atom. The van der Waals surface area contributed by atoms with Crippen molar-refractivity contribution in [1.82, 2.24) is 9.97 Å². The van der Waals surface area contributed by atoms with Crippen LogP contribution in [0.3, 0.4) is 0 Å². The van der Waals surface area contributed by atoms with Crippen LogP contribution >= 0.6 is 0 Å². The summed E-state index contributed by atoms with van der Waals surface area (Å²) < 4.78 is 0. The molecular weight excluding hydrogens is 374 g/mol. The van der Waals surface area contributed by atoms with E-state index in [1.807, 2.05) is 30.3 Å². The van der Waals surface area contributed by atoms with Gasteiger partial charge in [-0.3, -0.25) is 10.1 Å². The van der Waals surface area contributed by atoms with Crippen molar-refractivity contribution in [2.24, 2.45) is 0 Å². The third-order valence-electron chi connectivity index (χ3n) is 5.94. The van der Waals surface area contributed by atoms with Gasteiger partial charge < -0.3 is 9.97 Å². The lowest BCUT2D eigenvalue weighted by atomic mass is 9.85. The van der Waals surface area contributed by atoms with E-state index >= 15 is 0 Å². The standard InChI is InChI=1S/C25H21N3O2/c1-15-19-10-3-5-12-21(19)27-25(15)24(17-8-7-9-18(14-17)28(29)30)23-16(2)26-22-13-6-4-11-20(22)23/h3-14,24,26-27H,1-2H3. The number of benzene rings is 3. The summed E-state index contributed by atoms with van der Waals surface area (Å²) in [6, 6.07) is 23.4. The molecule has 0 bridgehead atoms. The monoisotopic (exact) mass is 395 g/mol. The van der Waals surface area contributed by atoms with E-state index < -0.39 is 0 Å². The van der Waals surface area contributed by atoms with Crippen LogP contribution in [0, 0.1) is 24.0 Å². The molecular formula is C25H21N3O2. The second-order valence-corrected chi connectivity index (χ2v) is 7.70. The minimum Gasteiger partial charge on any atom is -0.358 e. The maximum Gasteiger partial charge on any atom is 0.269 e. The molecule has 148 valence electrons. The molecule has 0 radical (unpaired) electrons. The van der Waals surface area contributed by atoms with Gasteiger partial charge in [-0.15, -0.1) is 0 Å². The highest BCUT2D eigenvalue weighted by atomic mass is 16.6. The first-order chi connectivity index (χ1) is 14.5. The first-order valence-electron chi connectivity index (χ1n) is 9.93. The van der Waals surface area contributed by atoms with Crippen LogP contribution < -0.4 is 0 Å². The SMILES string of the molecule is Cc1[nH]c2ccccc2c1C(c1cccc([N+](=O)[O-])c1)c1[nH]c2ccccc2c1C. The maximum atomic E-state index is 11.5. The lowest BCUT2D eigenvalue weighted by molar-refractivity contribution is -0.384. The number of aromatic nitrogens is 2. The van der Waals surface area contributed by atoms with Gasteiger partial charge in [0, 0.05) is 45.3 Å². The Hall–Kier alpha value is -3.86. The molecule has 5 heteroatoms. The van der Waals surface area contributed by atoms with Crippen molar-refractivity contribution in [3.05, 3.63) is 111 Å². The minimum absolute atomic E-state index is 0.101. The van der Waals surface area contributed by atoms with Crippen LogP contribution in [0.1, 0.15) is 34.0 Å². The molecule has 0 aliphatic rings. The van der Waals surface area contributed by atoms with Crippen molar-refractivity contribution in [3.8, 4) is 0 Å². The van der Waals surface area contributed by atoms with E-state index in [-0.39, 0.29) is 16.5 Å². The summed E-state index contributed by atoms with van der Waals surface area (Å²) in [6.07, 6.45) is 0. The number of non-ortho nitro benzene ring substituents is 1. The Kier molecular flexibility index (Phi) is 4.17. The van der Waals surface area contributed by atoms with E-state index in [9.17, 15) is 10.1 Å². The molecule has 2 heterocycles. The van der Waals surface area contributed by atoms with Gasteiger partial charge in [0.25, 0.3) is 5.69 Å². The van der Waals surface area contributed by atoms with Crippen LogP contribution in [0.15, 0.2) is 72.8 Å². The van der Waals surface area contributed by atoms with Gasteiger partial charge in [-0.2, -0.15) is 0 Å². The third-order valence-corrected chi connectivity index (χ3v) is 5.94. The van der Waals surface area contributed by atoms with Crippen LogP contribution in [0.2, 0.25) is 0 Å². The smallest absolute Gasteiger partial charge is 0.269 e. The molecule has 1 unspecified atom stereocenters. The number of nitrogens with one attached hydrogen (secondary N) is 2. The third kappa shape index (κ3) is 2.78. The molecule has 0 aliphatic carbocycles. The molecule has 5 aromatic rings. The maximum absolute atomic E-state index is 11.5. The fraction of sp³-hybridized carbons (Fsp3) is 0.120. The molecule has 5 nitrogen and oxygen atoms in total. The van der Waals surface area contributed by atoms with E-state index in [1.54, 1.807) is 18.2 Å². The molecule has 0 saturated carbocycles. The molecule has 3 aromatic carbocycles. The second-order valence-electron chi connectivity index (χ2n) is 7.70. The molecule has 5 rings (SSSR count). The number of nitro groups is 1. The van der Waals surface area contributed by atoms with Crippen molar-refractivity contribution < 1.29 is 4.92 Å². The van der Waals surface area contributed by atoms with Crippen LogP contribution in [0.25, 0.3) is 21.8 Å². The van der Waals surface area contributed by atoms with E-state index in [0.717, 1.165) is 44.5 Å². The fourth-order valence-corrected chi connectivity index (χ4v) is 4.56. The number of fused-ring (bicyclic) bond motifs is 2. The molecule has 0 spiro atoms. The first-order valence-corrected chi connectivity index (χ1v) is 9.93. The molecule has 0 saturated heterocycles. The summed E-state index contributed by atoms with van der Waals surface area (Å²) in [7, 11) is 0. The Balaban J connectivity index is 1.84. The van der Waals surface area contributed by atoms with Crippen molar-refractivity contribution >= 4 is 27.5 Å². The predicted octanol–water partition coefficient (Wildman–Crippen LogP) is 6.35. The molecule has 2 aromatic heterocycles. The van der Waals surface area contributed by atoms with E-state index in [4.69, 9.17) is 0 Å². The highest BCUT2D eigenvalue weighted by molar-refractivity contribution is 5.89. The summed E-state index contributed by atoms with van der Waals surface area (Å²) in [5, 5.41) is 13.8. The first kappa shape index (κ1) is 18.2. The summed E-state index contributed by atoms with van der Waals surface area (Å²) in [5.41, 5.74) is 7.55. The van der Waals surface area contributed by atoms with Gasteiger partial charge in [0.05, 0.1) is 10.8 Å². The van der Waals surface area contributed by atoms with Gasteiger partial charge in [0.15, 0.2) is 0 Å². The predicted molar refractivity (Wildman–Crippen MR) is 120 cm³/mol. The van der Waals surface area contributed by atoms with Gasteiger partial charge in [0.1, 0.15) is 0 Å². The van der Waals surface area contributed by atoms with Crippen molar-refractivity contribution in [2.45, 2.75) is 19.8 Å². The van der Waals surface area contributed by atoms with Crippen LogP contribution in [0.5, 0.6) is 0 Å². The number of H-pyrrole nitrogens is 2. The summed E-state index contributed by atoms with van der Waals surface area (Å²) in [4.78, 5) is 18.2. The summed E-state index contributed by atoms with van der Waals surface area (Å²) in [6.45, 7) is 4.18. The topological polar surface area (TPSA) is 74.7 Å². The number of nitro benzene ring substituents is 1. The van der Waals surface area contributed by atoms with Gasteiger partial charge in [-0.25, -0.2) is 0 Å². The van der Waals surface area contributed by atoms with E-state index in [2.05, 4.69) is 48.1 Å². The molecule has 0 amide bonds. The molecule has 30 heavy (non-hydrogen) atoms. The van der Waals surface area contributed by atoms with Gasteiger partial charge in [-0.1, -0.05) is 48.5 Å². The molecule has 1 atom stereocenters. The second kappa shape index (κ2) is 6.88. The quantitative estimate of drug-likeness (QED) is 0.275. The number of nitrogens with zero attached hydrogens (tertiary/aromatic N) is 1. The number of hydrogen-bond acceptors (Lipinski definition) is 2. The minimum atomic E-state index is -0.333. The zero-order valence-corrected chi connectivity index (χ0v) is 16.8. The lowest BCUT2D eigenvalue weighted by Crippen LogP contribution is -2.07. The van der Waals surface area contributed by atoms with E-state index in [1.165, 1.54) is 5.39 Å². The Morgan fingerprint density at radius 3 is 2.20 bits per heavy atom. The number of aromatic amines is 2. The zero-order chi connectivity index (χ0) is 20.8. The molecule has 2 N–H and O–H groups in total. The van der Waals surface area contributed by atoms with Crippen molar-refractivity contribution in [3.63, 3.8) is 0 Å². The van der Waals surface area contributed by atoms with Crippen LogP contribution in [0.4, 0.5) is 5.69 Å². The van der Waals surface area contributed by atoms with Crippen molar-refractivity contribution in [1.29, 1.82) is 0 Å². The molecule has 0 aliphatic heterocycles. The molecule has 0 fully saturated rings. The Morgan fingerprint density at radius 1 is 0.833 bits per heavy atom. The average molecular weight is 395 g/mol. The number of hydrogen-bond donors (Lipinski definition) is 2. The van der Waals surface area contributed by atoms with Crippen LogP contribution in [-0.2, 0) is 0 Å². The zero-order valence-electron chi connectivity index (χ0n) is 16.8. The van der Waals surface area contributed by atoms with E-state index in [0.29, 0.717) is 0 Å². The average Bonchev–Trinajstić information content (AvgIpc) is 3.26. The lowest BCUT2D eigenvalue weighted by Gasteiger charge is -2.19. The highest BCUT2D eigenvalue weighted by Crippen LogP contribution is 2.41. The summed E-state index contributed by atoms with van der Waals surface area (Å²) >= 11 is 0. The largest absolute Gasteiger partial charge is 0.358 e. The van der Waals surface area contributed by atoms with Gasteiger partial charge in [-0.05, 0) is 42.7 Å². The number of rotatable bonds is 4. The Bertz CT molecular complexity index is 1410. The van der Waals surface area contributed by atoms with Gasteiger partial charge >= 0.3 is 0 Å². The normalized spacial score (nSPS) is 12.5. The number of aryl methyl sites for hydroxylation is 2. The Labute approximate surface area is 173 Å². The fourth-order valence-electron chi connectivity index (χ4n) is 4.56. The highest BCUT2D eigenvalue weighted by Gasteiger charge is 2.27.